The van der Waals surface area contributed by atoms with Gasteiger partial charge in [-0.3, -0.25) is 0 Å². The van der Waals surface area contributed by atoms with E-state index in [0.29, 0.717) is 22.9 Å². The number of rotatable bonds is 4. The van der Waals surface area contributed by atoms with Crippen LogP contribution in [0.3, 0.4) is 0 Å². The van der Waals surface area contributed by atoms with E-state index >= 15 is 0 Å². The van der Waals surface area contributed by atoms with E-state index in [1.807, 2.05) is 6.07 Å². The van der Waals surface area contributed by atoms with Crippen molar-refractivity contribution in [2.75, 3.05) is 19.5 Å². The van der Waals surface area contributed by atoms with E-state index in [1.54, 1.807) is 32.4 Å². The molecule has 0 radical (unpaired) electrons. The Morgan fingerprint density at radius 3 is 2.25 bits per heavy atom. The Hall–Kier alpha value is -2.74. The lowest BCUT2D eigenvalue weighted by molar-refractivity contribution is 0.395. The molecule has 2 aromatic rings. The Balaban J connectivity index is 2.37. The molecule has 20 heavy (non-hydrogen) atoms. The Morgan fingerprint density at radius 2 is 1.70 bits per heavy atom. The Labute approximate surface area is 116 Å². The van der Waals surface area contributed by atoms with Gasteiger partial charge in [0, 0.05) is 23.9 Å². The maximum Gasteiger partial charge on any atom is 0.124 e. The number of methoxy groups -OCH3 is 2. The van der Waals surface area contributed by atoms with Crippen molar-refractivity contribution in [3.63, 3.8) is 0 Å². The van der Waals surface area contributed by atoms with Crippen molar-refractivity contribution in [2.45, 2.75) is 0 Å². The summed E-state index contributed by atoms with van der Waals surface area (Å²) in [6.07, 6.45) is 0. The number of nitriles is 1. The molecule has 0 aliphatic heterocycles. The number of hydrogen-bond acceptors (Lipinski definition) is 4. The smallest absolute Gasteiger partial charge is 0.124 e. The first-order valence-corrected chi connectivity index (χ1v) is 5.86. The van der Waals surface area contributed by atoms with E-state index in [4.69, 9.17) is 14.7 Å². The van der Waals surface area contributed by atoms with Crippen LogP contribution in [-0.2, 0) is 0 Å². The fourth-order valence-corrected chi connectivity index (χ4v) is 1.75. The van der Waals surface area contributed by atoms with Gasteiger partial charge in [0.2, 0.25) is 0 Å². The molecule has 0 spiro atoms. The SMILES string of the molecule is COc1cc(Nc2ccc(F)cc2C#N)cc(OC)c1. The molecule has 0 fully saturated rings. The second-order valence-electron chi connectivity index (χ2n) is 4.03. The lowest BCUT2D eigenvalue weighted by atomic mass is 10.1. The van der Waals surface area contributed by atoms with Crippen molar-refractivity contribution in [2.24, 2.45) is 0 Å². The number of hydrogen-bond donors (Lipinski definition) is 1. The summed E-state index contributed by atoms with van der Waals surface area (Å²) >= 11 is 0. The number of halogens is 1. The Morgan fingerprint density at radius 1 is 1.05 bits per heavy atom. The van der Waals surface area contributed by atoms with Crippen LogP contribution in [0, 0.1) is 17.1 Å². The van der Waals surface area contributed by atoms with Gasteiger partial charge in [-0.15, -0.1) is 0 Å². The second-order valence-corrected chi connectivity index (χ2v) is 4.03. The van der Waals surface area contributed by atoms with Crippen LogP contribution >= 0.6 is 0 Å². The summed E-state index contributed by atoms with van der Waals surface area (Å²) < 4.78 is 23.4. The molecule has 0 aromatic heterocycles. The maximum absolute atomic E-state index is 13.1. The van der Waals surface area contributed by atoms with Gasteiger partial charge in [0.15, 0.2) is 0 Å². The lowest BCUT2D eigenvalue weighted by Crippen LogP contribution is -1.96. The minimum absolute atomic E-state index is 0.229. The molecule has 0 aliphatic carbocycles. The third-order valence-corrected chi connectivity index (χ3v) is 2.73. The molecule has 0 saturated heterocycles. The summed E-state index contributed by atoms with van der Waals surface area (Å²) in [5.74, 6) is 0.787. The highest BCUT2D eigenvalue weighted by Crippen LogP contribution is 2.29. The van der Waals surface area contributed by atoms with E-state index in [2.05, 4.69) is 5.32 Å². The Kier molecular flexibility index (Phi) is 4.06. The Bertz CT molecular complexity index is 643. The van der Waals surface area contributed by atoms with Crippen LogP contribution in [0.5, 0.6) is 11.5 Å². The lowest BCUT2D eigenvalue weighted by Gasteiger charge is -2.11. The molecule has 0 aliphatic rings. The average Bonchev–Trinajstić information content (AvgIpc) is 2.48. The van der Waals surface area contributed by atoms with Gasteiger partial charge in [0.1, 0.15) is 23.4 Å². The molecular weight excluding hydrogens is 259 g/mol. The molecule has 0 heterocycles. The molecule has 0 atom stereocenters. The molecule has 5 heteroatoms. The van der Waals surface area contributed by atoms with E-state index in [9.17, 15) is 4.39 Å². The topological polar surface area (TPSA) is 54.3 Å². The zero-order valence-electron chi connectivity index (χ0n) is 11.1. The summed E-state index contributed by atoms with van der Waals surface area (Å²) in [5.41, 5.74) is 1.43. The summed E-state index contributed by atoms with van der Waals surface area (Å²) in [6.45, 7) is 0. The monoisotopic (exact) mass is 272 g/mol. The largest absolute Gasteiger partial charge is 0.497 e. The van der Waals surface area contributed by atoms with Crippen LogP contribution in [0.25, 0.3) is 0 Å². The van der Waals surface area contributed by atoms with Gasteiger partial charge in [-0.1, -0.05) is 0 Å². The molecule has 0 bridgehead atoms. The van der Waals surface area contributed by atoms with Crippen LogP contribution in [0.2, 0.25) is 0 Å². The van der Waals surface area contributed by atoms with E-state index in [1.165, 1.54) is 18.2 Å². The first-order chi connectivity index (χ1) is 9.66. The fraction of sp³-hybridized carbons (Fsp3) is 0.133. The van der Waals surface area contributed by atoms with Crippen molar-refractivity contribution >= 4 is 11.4 Å². The zero-order chi connectivity index (χ0) is 14.5. The standard InChI is InChI=1S/C15H13FN2O2/c1-19-13-6-12(7-14(8-13)20-2)18-15-4-3-11(16)5-10(15)9-17/h3-8,18H,1-2H3. The summed E-state index contributed by atoms with van der Waals surface area (Å²) in [6, 6.07) is 11.2. The summed E-state index contributed by atoms with van der Waals surface area (Å²) in [5, 5.41) is 12.1. The second kappa shape index (κ2) is 5.93. The van der Waals surface area contributed by atoms with Crippen molar-refractivity contribution < 1.29 is 13.9 Å². The number of benzene rings is 2. The predicted molar refractivity (Wildman–Crippen MR) is 73.9 cm³/mol. The van der Waals surface area contributed by atoms with Crippen molar-refractivity contribution in [1.29, 1.82) is 5.26 Å². The van der Waals surface area contributed by atoms with Gasteiger partial charge in [-0.05, 0) is 18.2 Å². The van der Waals surface area contributed by atoms with Crippen molar-refractivity contribution in [3.05, 3.63) is 47.8 Å². The number of nitrogens with one attached hydrogen (secondary N) is 1. The van der Waals surface area contributed by atoms with Crippen LogP contribution in [0.1, 0.15) is 5.56 Å². The van der Waals surface area contributed by atoms with Crippen LogP contribution in [0.4, 0.5) is 15.8 Å². The van der Waals surface area contributed by atoms with E-state index in [0.717, 1.165) is 0 Å². The summed E-state index contributed by atoms with van der Waals surface area (Å²) in [7, 11) is 3.11. The van der Waals surface area contributed by atoms with Crippen LogP contribution in [0.15, 0.2) is 36.4 Å². The highest BCUT2D eigenvalue weighted by molar-refractivity contribution is 5.68. The third-order valence-electron chi connectivity index (χ3n) is 2.73. The number of anilines is 2. The maximum atomic E-state index is 13.1. The normalized spacial score (nSPS) is 9.70. The zero-order valence-corrected chi connectivity index (χ0v) is 11.1. The molecule has 0 amide bonds. The first kappa shape index (κ1) is 13.7. The molecule has 0 saturated carbocycles. The predicted octanol–water partition coefficient (Wildman–Crippen LogP) is 3.46. The highest BCUT2D eigenvalue weighted by atomic mass is 19.1. The quantitative estimate of drug-likeness (QED) is 0.926. The number of ether oxygens (including phenoxy) is 2. The molecule has 4 nitrogen and oxygen atoms in total. The van der Waals surface area contributed by atoms with Gasteiger partial charge in [0.05, 0.1) is 25.5 Å². The van der Waals surface area contributed by atoms with Gasteiger partial charge >= 0.3 is 0 Å². The molecule has 1 N–H and O–H groups in total. The third kappa shape index (κ3) is 2.98. The minimum atomic E-state index is -0.449. The molecule has 102 valence electrons. The molecule has 2 rings (SSSR count). The van der Waals surface area contributed by atoms with Crippen molar-refractivity contribution in [3.8, 4) is 17.6 Å². The van der Waals surface area contributed by atoms with E-state index < -0.39 is 5.82 Å². The molecule has 2 aromatic carbocycles. The van der Waals surface area contributed by atoms with Gasteiger partial charge in [-0.25, -0.2) is 4.39 Å². The average molecular weight is 272 g/mol. The fourth-order valence-electron chi connectivity index (χ4n) is 1.75. The number of nitrogens with zero attached hydrogens (tertiary/aromatic N) is 1. The van der Waals surface area contributed by atoms with Crippen LogP contribution < -0.4 is 14.8 Å². The van der Waals surface area contributed by atoms with Crippen molar-refractivity contribution in [1.82, 2.24) is 0 Å². The minimum Gasteiger partial charge on any atom is -0.497 e. The van der Waals surface area contributed by atoms with E-state index in [-0.39, 0.29) is 5.56 Å². The summed E-state index contributed by atoms with van der Waals surface area (Å²) in [4.78, 5) is 0. The van der Waals surface area contributed by atoms with Gasteiger partial charge < -0.3 is 14.8 Å². The molecule has 0 unspecified atom stereocenters. The van der Waals surface area contributed by atoms with Crippen LogP contribution in [-0.4, -0.2) is 14.2 Å². The molecular formula is C15H13FN2O2. The highest BCUT2D eigenvalue weighted by Gasteiger charge is 2.06. The first-order valence-electron chi connectivity index (χ1n) is 5.86. The van der Waals surface area contributed by atoms with Gasteiger partial charge in [0.25, 0.3) is 0 Å². The van der Waals surface area contributed by atoms with Gasteiger partial charge in [-0.2, -0.15) is 5.26 Å².